The molecule has 0 atom stereocenters. The summed E-state index contributed by atoms with van der Waals surface area (Å²) in [7, 11) is 0. The molecule has 8 aromatic rings. The molecule has 8 rings (SSSR count). The van der Waals surface area contributed by atoms with Crippen molar-refractivity contribution in [2.24, 2.45) is 0 Å². The van der Waals surface area contributed by atoms with Crippen LogP contribution >= 0.6 is 0 Å². The Morgan fingerprint density at radius 3 is 1.57 bits per heavy atom. The molecule has 0 radical (unpaired) electrons. The molecule has 0 aliphatic rings. The molecule has 0 amide bonds. The van der Waals surface area contributed by atoms with Crippen molar-refractivity contribution >= 4 is 27.8 Å². The average Bonchev–Trinajstić information content (AvgIpc) is 3.16. The van der Waals surface area contributed by atoms with Gasteiger partial charge in [-0.1, -0.05) is 170 Å². The number of hydrogen-bond acceptors (Lipinski definition) is 1. The number of para-hydroxylation sites is 2. The Balaban J connectivity index is 1.42. The molecule has 1 nitrogen and oxygen atoms in total. The van der Waals surface area contributed by atoms with Crippen LogP contribution in [0.25, 0.3) is 55.3 Å². The molecular weight excluding hydrogens is 567 g/mol. The number of benzene rings is 8. The second-order valence-electron chi connectivity index (χ2n) is 11.7. The SMILES string of the molecule is c1ccc(-c2ccc(-c3ccccc3-c3ccccc3)c(-c3ccccc3N(c3ccccc3)c3cccc4ccccc34)c2)cc1. The molecule has 0 spiro atoms. The maximum absolute atomic E-state index is 2.42. The van der Waals surface area contributed by atoms with Crippen LogP contribution in [0.2, 0.25) is 0 Å². The fourth-order valence-corrected chi connectivity index (χ4v) is 6.68. The van der Waals surface area contributed by atoms with E-state index >= 15 is 0 Å². The summed E-state index contributed by atoms with van der Waals surface area (Å²) < 4.78 is 0. The van der Waals surface area contributed by atoms with Crippen LogP contribution in [0.3, 0.4) is 0 Å². The lowest BCUT2D eigenvalue weighted by Crippen LogP contribution is -2.11. The molecule has 0 aliphatic carbocycles. The van der Waals surface area contributed by atoms with E-state index in [0.717, 1.165) is 17.1 Å². The minimum Gasteiger partial charge on any atom is -0.309 e. The first-order valence-electron chi connectivity index (χ1n) is 16.1. The number of nitrogens with zero attached hydrogens (tertiary/aromatic N) is 1. The summed E-state index contributed by atoms with van der Waals surface area (Å²) in [5.74, 6) is 0. The third kappa shape index (κ3) is 5.49. The molecule has 0 unspecified atom stereocenters. The van der Waals surface area contributed by atoms with Gasteiger partial charge in [0.1, 0.15) is 0 Å². The van der Waals surface area contributed by atoms with E-state index in [2.05, 4.69) is 205 Å². The van der Waals surface area contributed by atoms with Crippen molar-refractivity contribution in [3.8, 4) is 44.5 Å². The van der Waals surface area contributed by atoms with Crippen LogP contribution < -0.4 is 4.90 Å². The van der Waals surface area contributed by atoms with Gasteiger partial charge in [-0.25, -0.2) is 0 Å². The smallest absolute Gasteiger partial charge is 0.0540 e. The first kappa shape index (κ1) is 28.3. The van der Waals surface area contributed by atoms with Gasteiger partial charge in [-0.2, -0.15) is 0 Å². The zero-order valence-electron chi connectivity index (χ0n) is 26.0. The van der Waals surface area contributed by atoms with E-state index in [9.17, 15) is 0 Å². The fourth-order valence-electron chi connectivity index (χ4n) is 6.68. The van der Waals surface area contributed by atoms with Crippen LogP contribution in [0.5, 0.6) is 0 Å². The van der Waals surface area contributed by atoms with Crippen LogP contribution in [0.4, 0.5) is 17.1 Å². The van der Waals surface area contributed by atoms with E-state index in [1.807, 2.05) is 0 Å². The predicted molar refractivity (Wildman–Crippen MR) is 200 cm³/mol. The quantitative estimate of drug-likeness (QED) is 0.176. The third-order valence-electron chi connectivity index (χ3n) is 8.89. The van der Waals surface area contributed by atoms with Gasteiger partial charge in [0, 0.05) is 16.6 Å². The average molecular weight is 600 g/mol. The van der Waals surface area contributed by atoms with Crippen LogP contribution in [0.1, 0.15) is 0 Å². The Labute approximate surface area is 276 Å². The molecule has 0 saturated carbocycles. The van der Waals surface area contributed by atoms with Crippen LogP contribution in [0, 0.1) is 0 Å². The van der Waals surface area contributed by atoms with Crippen molar-refractivity contribution in [2.45, 2.75) is 0 Å². The lowest BCUT2D eigenvalue weighted by atomic mass is 9.86. The summed E-state index contributed by atoms with van der Waals surface area (Å²) in [6.07, 6.45) is 0. The lowest BCUT2D eigenvalue weighted by molar-refractivity contribution is 1.30. The highest BCUT2D eigenvalue weighted by Crippen LogP contribution is 2.47. The number of fused-ring (bicyclic) bond motifs is 1. The van der Waals surface area contributed by atoms with E-state index in [1.54, 1.807) is 0 Å². The Hall–Kier alpha value is -6.18. The Morgan fingerprint density at radius 1 is 0.277 bits per heavy atom. The number of hydrogen-bond donors (Lipinski definition) is 0. The van der Waals surface area contributed by atoms with Crippen molar-refractivity contribution in [1.82, 2.24) is 0 Å². The number of anilines is 3. The molecule has 0 bridgehead atoms. The maximum atomic E-state index is 2.42. The molecule has 222 valence electrons. The standard InChI is InChI=1S/C46H33N/c1-4-17-34(18-5-1)37-31-32-42(41-27-13-12-25-39(41)35-19-6-2-7-20-35)44(33-37)43-28-14-15-29-46(43)47(38-23-8-3-9-24-38)45-30-16-22-36-21-10-11-26-40(36)45/h1-33H. The molecule has 0 saturated heterocycles. The molecule has 0 heterocycles. The third-order valence-corrected chi connectivity index (χ3v) is 8.89. The topological polar surface area (TPSA) is 3.24 Å². The first-order chi connectivity index (χ1) is 23.3. The van der Waals surface area contributed by atoms with Gasteiger partial charge in [-0.05, 0) is 74.7 Å². The largest absolute Gasteiger partial charge is 0.309 e. The van der Waals surface area contributed by atoms with E-state index in [0.29, 0.717) is 0 Å². The molecule has 0 aliphatic heterocycles. The van der Waals surface area contributed by atoms with Crippen LogP contribution in [-0.2, 0) is 0 Å². The van der Waals surface area contributed by atoms with Crippen molar-refractivity contribution < 1.29 is 0 Å². The Morgan fingerprint density at radius 2 is 0.809 bits per heavy atom. The van der Waals surface area contributed by atoms with E-state index in [-0.39, 0.29) is 0 Å². The minimum absolute atomic E-state index is 1.11. The summed E-state index contributed by atoms with van der Waals surface area (Å²) in [4.78, 5) is 2.42. The second-order valence-corrected chi connectivity index (χ2v) is 11.7. The van der Waals surface area contributed by atoms with E-state index < -0.39 is 0 Å². The summed E-state index contributed by atoms with van der Waals surface area (Å²) >= 11 is 0. The van der Waals surface area contributed by atoms with Crippen molar-refractivity contribution in [3.63, 3.8) is 0 Å². The highest BCUT2D eigenvalue weighted by molar-refractivity contribution is 6.03. The van der Waals surface area contributed by atoms with Crippen molar-refractivity contribution in [2.75, 3.05) is 4.90 Å². The van der Waals surface area contributed by atoms with Gasteiger partial charge in [0.2, 0.25) is 0 Å². The zero-order valence-corrected chi connectivity index (χ0v) is 26.0. The van der Waals surface area contributed by atoms with Crippen LogP contribution in [-0.4, -0.2) is 0 Å². The Bertz CT molecular complexity index is 2280. The minimum atomic E-state index is 1.11. The molecule has 1 heteroatoms. The summed E-state index contributed by atoms with van der Waals surface area (Å²) in [6.45, 7) is 0. The summed E-state index contributed by atoms with van der Waals surface area (Å²) in [5, 5.41) is 2.42. The lowest BCUT2D eigenvalue weighted by Gasteiger charge is -2.29. The van der Waals surface area contributed by atoms with Gasteiger partial charge in [-0.3, -0.25) is 0 Å². The van der Waals surface area contributed by atoms with Gasteiger partial charge in [0.05, 0.1) is 11.4 Å². The fraction of sp³-hybridized carbons (Fsp3) is 0. The van der Waals surface area contributed by atoms with E-state index in [1.165, 1.54) is 55.3 Å². The monoisotopic (exact) mass is 599 g/mol. The number of rotatable bonds is 7. The van der Waals surface area contributed by atoms with Crippen molar-refractivity contribution in [3.05, 3.63) is 200 Å². The van der Waals surface area contributed by atoms with Gasteiger partial charge in [0.15, 0.2) is 0 Å². The molecule has 0 aromatic heterocycles. The Kier molecular flexibility index (Phi) is 7.63. The normalized spacial score (nSPS) is 11.0. The first-order valence-corrected chi connectivity index (χ1v) is 16.1. The summed E-state index contributed by atoms with van der Waals surface area (Å²) in [6, 6.07) is 71.9. The highest BCUT2D eigenvalue weighted by Gasteiger charge is 2.21. The van der Waals surface area contributed by atoms with Gasteiger partial charge >= 0.3 is 0 Å². The molecule has 47 heavy (non-hydrogen) atoms. The maximum Gasteiger partial charge on any atom is 0.0540 e. The van der Waals surface area contributed by atoms with Gasteiger partial charge in [-0.15, -0.1) is 0 Å². The van der Waals surface area contributed by atoms with Gasteiger partial charge < -0.3 is 4.90 Å². The molecule has 0 N–H and O–H groups in total. The second kappa shape index (κ2) is 12.7. The van der Waals surface area contributed by atoms with E-state index in [4.69, 9.17) is 0 Å². The van der Waals surface area contributed by atoms with Crippen LogP contribution in [0.15, 0.2) is 200 Å². The highest BCUT2D eigenvalue weighted by atomic mass is 15.1. The molecular formula is C46H33N. The zero-order chi connectivity index (χ0) is 31.4. The van der Waals surface area contributed by atoms with Crippen molar-refractivity contribution in [1.29, 1.82) is 0 Å². The van der Waals surface area contributed by atoms with Gasteiger partial charge in [0.25, 0.3) is 0 Å². The molecule has 8 aromatic carbocycles. The predicted octanol–water partition coefficient (Wildman–Crippen LogP) is 13.0. The summed E-state index contributed by atoms with van der Waals surface area (Å²) in [5.41, 5.74) is 12.9. The molecule has 0 fully saturated rings.